The Hall–Kier alpha value is -1.53. The molecule has 0 radical (unpaired) electrons. The Labute approximate surface area is 112 Å². The number of para-hydroxylation sites is 1. The van der Waals surface area contributed by atoms with Crippen molar-refractivity contribution in [2.45, 2.75) is 12.5 Å². The van der Waals surface area contributed by atoms with Gasteiger partial charge in [0, 0.05) is 30.7 Å². The molecular weight excluding hydrogens is 262 g/mol. The van der Waals surface area contributed by atoms with Gasteiger partial charge in [0.25, 0.3) is 0 Å². The van der Waals surface area contributed by atoms with Crippen LogP contribution in [0.2, 0.25) is 0 Å². The first-order chi connectivity index (χ1) is 9.04. The minimum atomic E-state index is -3.07. The molecule has 1 aliphatic rings. The predicted octanol–water partition coefficient (Wildman–Crippen LogP) is 1.61. The highest BCUT2D eigenvalue weighted by atomic mass is 32.2. The molecule has 1 atom stereocenters. The van der Waals surface area contributed by atoms with Crippen LogP contribution in [0.3, 0.4) is 0 Å². The molecule has 1 aromatic heterocycles. The zero-order valence-corrected chi connectivity index (χ0v) is 11.6. The molecule has 2 aromatic rings. The van der Waals surface area contributed by atoms with Crippen LogP contribution >= 0.6 is 0 Å². The highest BCUT2D eigenvalue weighted by Crippen LogP contribution is 2.24. The zero-order chi connectivity index (χ0) is 13.5. The van der Waals surface area contributed by atoms with Crippen molar-refractivity contribution in [2.75, 3.05) is 24.7 Å². The van der Waals surface area contributed by atoms with E-state index in [1.54, 1.807) is 0 Å². The lowest BCUT2D eigenvalue weighted by Crippen LogP contribution is -2.30. The first kappa shape index (κ1) is 12.5. The van der Waals surface area contributed by atoms with Crippen LogP contribution in [0.1, 0.15) is 6.42 Å². The topological polar surface area (TPSA) is 65.2 Å². The number of aromatic amines is 1. The molecular formula is C13H17N3O2S. The summed E-state index contributed by atoms with van der Waals surface area (Å²) < 4.78 is 24.5. The van der Waals surface area contributed by atoms with Crippen molar-refractivity contribution in [3.63, 3.8) is 0 Å². The van der Waals surface area contributed by atoms with Crippen molar-refractivity contribution in [2.24, 2.45) is 0 Å². The second-order valence-corrected chi connectivity index (χ2v) is 6.98. The van der Waals surface area contributed by atoms with E-state index >= 15 is 0 Å². The molecule has 0 spiro atoms. The quantitative estimate of drug-likeness (QED) is 0.897. The largest absolute Gasteiger partial charge is 0.379 e. The molecule has 0 saturated carbocycles. The van der Waals surface area contributed by atoms with Crippen molar-refractivity contribution < 1.29 is 8.42 Å². The van der Waals surface area contributed by atoms with Crippen molar-refractivity contribution in [1.29, 1.82) is 0 Å². The van der Waals surface area contributed by atoms with Crippen molar-refractivity contribution in [3.8, 4) is 0 Å². The van der Waals surface area contributed by atoms with Crippen molar-refractivity contribution >= 4 is 26.6 Å². The summed E-state index contributed by atoms with van der Waals surface area (Å²) in [5.41, 5.74) is 2.10. The summed E-state index contributed by atoms with van der Waals surface area (Å²) in [6, 6.07) is 8.26. The number of hydrogen-bond acceptors (Lipinski definition) is 3. The molecule has 19 heavy (non-hydrogen) atoms. The number of nitrogens with one attached hydrogen (secondary N) is 2. The number of H-pyrrole nitrogens is 1. The molecule has 2 heterocycles. The van der Waals surface area contributed by atoms with Gasteiger partial charge >= 0.3 is 0 Å². The smallest absolute Gasteiger partial charge is 0.211 e. The maximum Gasteiger partial charge on any atom is 0.211 e. The maximum atomic E-state index is 11.5. The number of nitrogens with zero attached hydrogens (tertiary/aromatic N) is 1. The number of hydrogen-bond donors (Lipinski definition) is 2. The van der Waals surface area contributed by atoms with Crippen LogP contribution in [0.5, 0.6) is 0 Å². The predicted molar refractivity (Wildman–Crippen MR) is 76.7 cm³/mol. The third kappa shape index (κ3) is 2.46. The van der Waals surface area contributed by atoms with Gasteiger partial charge in [-0.05, 0) is 18.6 Å². The molecule has 1 fully saturated rings. The number of anilines is 1. The molecule has 0 bridgehead atoms. The van der Waals surface area contributed by atoms with Crippen LogP contribution in [-0.4, -0.2) is 43.1 Å². The lowest BCUT2D eigenvalue weighted by Gasteiger charge is -2.16. The Kier molecular flexibility index (Phi) is 2.99. The molecule has 1 saturated heterocycles. The summed E-state index contributed by atoms with van der Waals surface area (Å²) in [5, 5.41) is 4.59. The van der Waals surface area contributed by atoms with E-state index in [9.17, 15) is 8.42 Å². The molecule has 0 aliphatic carbocycles. The summed E-state index contributed by atoms with van der Waals surface area (Å²) in [5.74, 6) is 0. The van der Waals surface area contributed by atoms with E-state index < -0.39 is 10.0 Å². The average molecular weight is 279 g/mol. The molecule has 1 aromatic carbocycles. The molecule has 3 rings (SSSR count). The highest BCUT2D eigenvalue weighted by Gasteiger charge is 2.28. The van der Waals surface area contributed by atoms with Crippen molar-refractivity contribution in [1.82, 2.24) is 9.29 Å². The summed E-state index contributed by atoms with van der Waals surface area (Å²) in [6.07, 6.45) is 4.01. The van der Waals surface area contributed by atoms with Gasteiger partial charge in [-0.15, -0.1) is 0 Å². The average Bonchev–Trinajstić information content (AvgIpc) is 2.96. The minimum Gasteiger partial charge on any atom is -0.379 e. The highest BCUT2D eigenvalue weighted by molar-refractivity contribution is 7.88. The fourth-order valence-corrected chi connectivity index (χ4v) is 3.46. The summed E-state index contributed by atoms with van der Waals surface area (Å²) in [6.45, 7) is 1.13. The molecule has 1 aliphatic heterocycles. The summed E-state index contributed by atoms with van der Waals surface area (Å²) in [7, 11) is -3.07. The van der Waals surface area contributed by atoms with Crippen LogP contribution in [0.25, 0.3) is 10.9 Å². The van der Waals surface area contributed by atoms with Crippen LogP contribution in [0, 0.1) is 0 Å². The first-order valence-electron chi connectivity index (χ1n) is 6.32. The Morgan fingerprint density at radius 1 is 1.37 bits per heavy atom. The van der Waals surface area contributed by atoms with E-state index in [-0.39, 0.29) is 6.04 Å². The second-order valence-electron chi connectivity index (χ2n) is 5.00. The molecule has 5 nitrogen and oxygen atoms in total. The molecule has 102 valence electrons. The standard InChI is InChI=1S/C13H17N3O2S/c1-19(17,18)16-8-6-11(9-16)15-12-4-2-3-10-5-7-14-13(10)12/h2-5,7,11,14-15H,6,8-9H2,1H3. The lowest BCUT2D eigenvalue weighted by atomic mass is 10.2. The van der Waals surface area contributed by atoms with Gasteiger partial charge < -0.3 is 10.3 Å². The second kappa shape index (κ2) is 4.54. The number of benzene rings is 1. The van der Waals surface area contributed by atoms with Gasteiger partial charge in [0.05, 0.1) is 17.5 Å². The number of fused-ring (bicyclic) bond motifs is 1. The fourth-order valence-electron chi connectivity index (χ4n) is 2.57. The van der Waals surface area contributed by atoms with E-state index in [0.29, 0.717) is 13.1 Å². The van der Waals surface area contributed by atoms with Crippen molar-refractivity contribution in [3.05, 3.63) is 30.5 Å². The summed E-state index contributed by atoms with van der Waals surface area (Å²) in [4.78, 5) is 3.21. The summed E-state index contributed by atoms with van der Waals surface area (Å²) >= 11 is 0. The van der Waals surface area contributed by atoms with Gasteiger partial charge in [-0.1, -0.05) is 12.1 Å². The van der Waals surface area contributed by atoms with Crippen LogP contribution in [0.4, 0.5) is 5.69 Å². The van der Waals surface area contributed by atoms with Gasteiger partial charge in [0.1, 0.15) is 0 Å². The Balaban J connectivity index is 1.78. The molecule has 0 amide bonds. The Morgan fingerprint density at radius 2 is 2.21 bits per heavy atom. The van der Waals surface area contributed by atoms with E-state index in [2.05, 4.69) is 16.4 Å². The Bertz CT molecular complexity index is 693. The van der Waals surface area contributed by atoms with E-state index in [1.165, 1.54) is 10.6 Å². The number of rotatable bonds is 3. The van der Waals surface area contributed by atoms with Crippen LogP contribution in [0.15, 0.2) is 30.5 Å². The minimum absolute atomic E-state index is 0.170. The maximum absolute atomic E-state index is 11.5. The molecule has 6 heteroatoms. The molecule has 2 N–H and O–H groups in total. The third-order valence-electron chi connectivity index (χ3n) is 3.57. The fraction of sp³-hybridized carbons (Fsp3) is 0.385. The van der Waals surface area contributed by atoms with E-state index in [4.69, 9.17) is 0 Å². The van der Waals surface area contributed by atoms with Gasteiger partial charge in [0.2, 0.25) is 10.0 Å². The van der Waals surface area contributed by atoms with E-state index in [1.807, 2.05) is 24.4 Å². The van der Waals surface area contributed by atoms with Gasteiger partial charge in [-0.2, -0.15) is 0 Å². The monoisotopic (exact) mass is 279 g/mol. The van der Waals surface area contributed by atoms with Gasteiger partial charge in [-0.25, -0.2) is 12.7 Å². The molecule has 1 unspecified atom stereocenters. The van der Waals surface area contributed by atoms with Crippen LogP contribution < -0.4 is 5.32 Å². The van der Waals surface area contributed by atoms with Gasteiger partial charge in [-0.3, -0.25) is 0 Å². The normalized spacial score (nSPS) is 21.0. The first-order valence-corrected chi connectivity index (χ1v) is 8.16. The lowest BCUT2D eigenvalue weighted by molar-refractivity contribution is 0.480. The SMILES string of the molecule is CS(=O)(=O)N1CCC(Nc2cccc3cc[nH]c23)C1. The van der Waals surface area contributed by atoms with E-state index in [0.717, 1.165) is 23.0 Å². The van der Waals surface area contributed by atoms with Crippen LogP contribution in [-0.2, 0) is 10.0 Å². The zero-order valence-electron chi connectivity index (χ0n) is 10.8. The number of aromatic nitrogens is 1. The Morgan fingerprint density at radius 3 is 2.95 bits per heavy atom. The van der Waals surface area contributed by atoms with Gasteiger partial charge in [0.15, 0.2) is 0 Å². The third-order valence-corrected chi connectivity index (χ3v) is 4.84. The number of sulfonamides is 1.